The lowest BCUT2D eigenvalue weighted by Gasteiger charge is -2.46. The van der Waals surface area contributed by atoms with Gasteiger partial charge >= 0.3 is 12.1 Å². The van der Waals surface area contributed by atoms with Crippen LogP contribution in [0, 0.1) is 11.3 Å². The number of carboxylic acids is 1. The van der Waals surface area contributed by atoms with E-state index < -0.39 is 40.1 Å². The predicted molar refractivity (Wildman–Crippen MR) is 144 cm³/mol. The van der Waals surface area contributed by atoms with E-state index in [4.69, 9.17) is 11.6 Å². The third-order valence-electron chi connectivity index (χ3n) is 9.84. The Balaban J connectivity index is 1.52. The molecular weight excluding hydrogens is 546 g/mol. The normalized spacial score (nSPS) is 29.8. The van der Waals surface area contributed by atoms with Crippen molar-refractivity contribution in [2.75, 3.05) is 6.54 Å². The van der Waals surface area contributed by atoms with E-state index in [1.807, 2.05) is 30.0 Å². The fraction of sp³-hybridized carbons (Fsp3) is 0.548. The fourth-order valence-corrected chi connectivity index (χ4v) is 7.55. The van der Waals surface area contributed by atoms with Gasteiger partial charge in [0.1, 0.15) is 0 Å². The van der Waals surface area contributed by atoms with Gasteiger partial charge in [0.05, 0.1) is 5.92 Å². The summed E-state index contributed by atoms with van der Waals surface area (Å²) in [6.07, 6.45) is -0.998. The summed E-state index contributed by atoms with van der Waals surface area (Å²) in [4.78, 5) is 27.5. The van der Waals surface area contributed by atoms with Crippen LogP contribution in [0.1, 0.15) is 74.6 Å². The minimum absolute atomic E-state index is 0.0165. The molecule has 216 valence electrons. The molecule has 9 heteroatoms. The molecule has 0 radical (unpaired) electrons. The molecule has 40 heavy (non-hydrogen) atoms. The van der Waals surface area contributed by atoms with Gasteiger partial charge in [-0.15, -0.1) is 0 Å². The number of nitrogens with zero attached hydrogens (tertiary/aromatic N) is 1. The number of halogens is 5. The van der Waals surface area contributed by atoms with Crippen molar-refractivity contribution in [2.45, 2.75) is 88.5 Å². The minimum atomic E-state index is -5.04. The zero-order valence-corrected chi connectivity index (χ0v) is 23.4. The largest absolute Gasteiger partial charge is 0.481 e. The topological polar surface area (TPSA) is 57.6 Å². The number of fused-ring (bicyclic) bond motifs is 3. The van der Waals surface area contributed by atoms with Crippen molar-refractivity contribution in [3.63, 3.8) is 0 Å². The van der Waals surface area contributed by atoms with E-state index in [1.54, 1.807) is 12.1 Å². The highest BCUT2D eigenvalue weighted by Gasteiger charge is 2.57. The van der Waals surface area contributed by atoms with Crippen LogP contribution in [0.15, 0.2) is 42.5 Å². The Kier molecular flexibility index (Phi) is 7.25. The van der Waals surface area contributed by atoms with Gasteiger partial charge in [-0.2, -0.15) is 13.2 Å². The number of aliphatic carboxylic acids is 1. The molecule has 3 atom stereocenters. The van der Waals surface area contributed by atoms with Gasteiger partial charge in [-0.05, 0) is 92.7 Å². The summed E-state index contributed by atoms with van der Waals surface area (Å²) in [7, 11) is 0. The van der Waals surface area contributed by atoms with Crippen LogP contribution in [0.4, 0.5) is 17.6 Å². The first-order valence-corrected chi connectivity index (χ1v) is 14.2. The van der Waals surface area contributed by atoms with E-state index in [0.29, 0.717) is 75.4 Å². The molecule has 2 aromatic carbocycles. The van der Waals surface area contributed by atoms with Crippen LogP contribution in [0.3, 0.4) is 0 Å². The van der Waals surface area contributed by atoms with Crippen LogP contribution < -0.4 is 0 Å². The molecule has 1 aliphatic heterocycles. The number of hydrogen-bond acceptors (Lipinski definition) is 2. The van der Waals surface area contributed by atoms with Crippen LogP contribution in [-0.2, 0) is 33.5 Å². The number of alkyl halides is 4. The molecular formula is C31H34ClF4NO3. The number of carbonyl (C=O) groups is 2. The zero-order valence-electron chi connectivity index (χ0n) is 22.7. The van der Waals surface area contributed by atoms with Gasteiger partial charge in [-0.3, -0.25) is 9.59 Å². The van der Waals surface area contributed by atoms with Crippen LogP contribution in [0.25, 0.3) is 0 Å². The molecule has 0 aromatic heterocycles. The summed E-state index contributed by atoms with van der Waals surface area (Å²) in [6, 6.07) is 11.5. The number of hydrogen-bond donors (Lipinski definition) is 1. The van der Waals surface area contributed by atoms with Crippen molar-refractivity contribution in [3.05, 3.63) is 69.7 Å². The Bertz CT molecular complexity index is 1320. The Morgan fingerprint density at radius 3 is 2.38 bits per heavy atom. The highest BCUT2D eigenvalue weighted by Crippen LogP contribution is 2.52. The molecule has 3 unspecified atom stereocenters. The standard InChI is InChI=1S/C31H34ClF4NO3/c1-28(12-10-20(11-13-28)26(38)39)27(40)37-15-14-30(18-19-4-3-5-23(32)16-19)24-8-7-22(29(2,33)31(34,35)36)17-21(24)6-9-25(30)37/h3-5,7-8,16-17,20,25H,6,9-15,18H2,1-2H3,(H,38,39)/t20-,25?,28-,29?,30?. The predicted octanol–water partition coefficient (Wildman–Crippen LogP) is 7.40. The number of likely N-dealkylation sites (tertiary alicyclic amines) is 1. The van der Waals surface area contributed by atoms with E-state index in [1.165, 1.54) is 12.1 Å². The molecule has 3 aliphatic rings. The Morgan fingerprint density at radius 2 is 1.75 bits per heavy atom. The van der Waals surface area contributed by atoms with Crippen LogP contribution >= 0.6 is 11.6 Å². The maximum Gasteiger partial charge on any atom is 0.426 e. The van der Waals surface area contributed by atoms with Crippen LogP contribution in [0.2, 0.25) is 5.02 Å². The van der Waals surface area contributed by atoms with Gasteiger partial charge < -0.3 is 10.0 Å². The van der Waals surface area contributed by atoms with Crippen molar-refractivity contribution in [2.24, 2.45) is 11.3 Å². The van der Waals surface area contributed by atoms with Crippen LogP contribution in [0.5, 0.6) is 0 Å². The van der Waals surface area contributed by atoms with Gasteiger partial charge in [-0.1, -0.05) is 48.9 Å². The third-order valence-corrected chi connectivity index (χ3v) is 10.1. The first-order chi connectivity index (χ1) is 18.7. The van der Waals surface area contributed by atoms with Crippen LogP contribution in [-0.4, -0.2) is 40.6 Å². The number of carbonyl (C=O) groups excluding carboxylic acids is 1. The van der Waals surface area contributed by atoms with Crippen molar-refractivity contribution in [1.82, 2.24) is 4.90 Å². The van der Waals surface area contributed by atoms with Gasteiger partial charge in [0.25, 0.3) is 0 Å². The summed E-state index contributed by atoms with van der Waals surface area (Å²) in [5.41, 5.74) is -2.60. The maximum atomic E-state index is 14.9. The van der Waals surface area contributed by atoms with E-state index in [-0.39, 0.29) is 11.9 Å². The summed E-state index contributed by atoms with van der Waals surface area (Å²) in [6.45, 7) is 2.97. The summed E-state index contributed by atoms with van der Waals surface area (Å²) < 4.78 is 55.5. The van der Waals surface area contributed by atoms with Gasteiger partial charge in [0.15, 0.2) is 0 Å². The molecule has 4 nitrogen and oxygen atoms in total. The molecule has 1 saturated heterocycles. The van der Waals surface area contributed by atoms with Gasteiger partial charge in [0.2, 0.25) is 11.6 Å². The first-order valence-electron chi connectivity index (χ1n) is 13.9. The highest BCUT2D eigenvalue weighted by molar-refractivity contribution is 6.30. The van der Waals surface area contributed by atoms with Crippen molar-refractivity contribution in [1.29, 1.82) is 0 Å². The van der Waals surface area contributed by atoms with E-state index in [9.17, 15) is 32.3 Å². The third kappa shape index (κ3) is 4.80. The molecule has 1 N–H and O–H groups in total. The van der Waals surface area contributed by atoms with Crippen molar-refractivity contribution < 1.29 is 32.3 Å². The average molecular weight is 580 g/mol. The number of rotatable bonds is 5. The Morgan fingerprint density at radius 1 is 1.05 bits per heavy atom. The lowest BCUT2D eigenvalue weighted by molar-refractivity contribution is -0.228. The summed E-state index contributed by atoms with van der Waals surface area (Å²) in [5.74, 6) is -1.24. The van der Waals surface area contributed by atoms with E-state index in [0.717, 1.165) is 11.1 Å². The van der Waals surface area contributed by atoms with E-state index >= 15 is 0 Å². The molecule has 1 heterocycles. The molecule has 1 saturated carbocycles. The number of carboxylic acid groups (broad SMARTS) is 1. The molecule has 2 aromatic rings. The van der Waals surface area contributed by atoms with Crippen molar-refractivity contribution in [3.8, 4) is 0 Å². The molecule has 2 fully saturated rings. The molecule has 0 bridgehead atoms. The number of aryl methyl sites for hydroxylation is 1. The second-order valence-electron chi connectivity index (χ2n) is 12.3. The number of amides is 1. The quantitative estimate of drug-likeness (QED) is 0.376. The second-order valence-corrected chi connectivity index (χ2v) is 12.7. The second kappa shape index (κ2) is 10.0. The highest BCUT2D eigenvalue weighted by atomic mass is 35.5. The molecule has 1 amide bonds. The molecule has 2 aliphatic carbocycles. The van der Waals surface area contributed by atoms with E-state index in [2.05, 4.69) is 0 Å². The van der Waals surface area contributed by atoms with Gasteiger partial charge in [-0.25, -0.2) is 4.39 Å². The summed E-state index contributed by atoms with van der Waals surface area (Å²) >= 11 is 6.30. The lowest BCUT2D eigenvalue weighted by atomic mass is 9.63. The van der Waals surface area contributed by atoms with Gasteiger partial charge in [0, 0.05) is 28.4 Å². The van der Waals surface area contributed by atoms with Crippen molar-refractivity contribution >= 4 is 23.5 Å². The summed E-state index contributed by atoms with van der Waals surface area (Å²) in [5, 5.41) is 10.00. The molecule has 5 rings (SSSR count). The smallest absolute Gasteiger partial charge is 0.426 e. The fourth-order valence-electron chi connectivity index (χ4n) is 7.34. The first kappa shape index (κ1) is 28.9. The lowest BCUT2D eigenvalue weighted by Crippen LogP contribution is -2.53. The minimum Gasteiger partial charge on any atom is -0.481 e. The number of benzene rings is 2. The maximum absolute atomic E-state index is 14.9. The monoisotopic (exact) mass is 579 g/mol. The SMILES string of the molecule is CC(F)(c1ccc2c(c1)CCC1N(C(=O)[C@]3(C)CC[C@@H](C(=O)O)CC3)CCC21Cc1cccc(Cl)c1)C(F)(F)F. The average Bonchev–Trinajstić information content (AvgIpc) is 3.26. The zero-order chi connectivity index (χ0) is 29.1. The Hall–Kier alpha value is -2.61. The molecule has 0 spiro atoms. The Labute approximate surface area is 236 Å².